The number of aryl methyl sites for hydroxylation is 1. The monoisotopic (exact) mass is 350 g/mol. The van der Waals surface area contributed by atoms with Gasteiger partial charge in [-0.1, -0.05) is 17.7 Å². The number of hydrogen-bond acceptors (Lipinski definition) is 5. The van der Waals surface area contributed by atoms with Gasteiger partial charge in [0.1, 0.15) is 10.0 Å². The summed E-state index contributed by atoms with van der Waals surface area (Å²) in [6, 6.07) is 4.50. The fourth-order valence-corrected chi connectivity index (χ4v) is 4.28. The number of halogens is 2. The summed E-state index contributed by atoms with van der Waals surface area (Å²) in [5.74, 6) is -0.603. The van der Waals surface area contributed by atoms with Crippen LogP contribution in [0.5, 0.6) is 0 Å². The third-order valence-corrected chi connectivity index (χ3v) is 5.73. The molecule has 21 heavy (non-hydrogen) atoms. The molecule has 0 saturated heterocycles. The van der Waals surface area contributed by atoms with E-state index in [0.717, 1.165) is 12.1 Å². The van der Waals surface area contributed by atoms with Crippen LogP contribution >= 0.6 is 22.9 Å². The van der Waals surface area contributed by atoms with Gasteiger partial charge in [0.05, 0.1) is 10.6 Å². The summed E-state index contributed by atoms with van der Waals surface area (Å²) in [6.07, 6.45) is 0. The Morgan fingerprint density at radius 2 is 2.05 bits per heavy atom. The fourth-order valence-electron chi connectivity index (χ4n) is 1.49. The van der Waals surface area contributed by atoms with Crippen LogP contribution in [-0.4, -0.2) is 13.3 Å². The van der Waals surface area contributed by atoms with Gasteiger partial charge < -0.3 is 0 Å². The maximum atomic E-state index is 13.2. The van der Waals surface area contributed by atoms with Gasteiger partial charge in [-0.25, -0.2) is 12.8 Å². The van der Waals surface area contributed by atoms with Crippen LogP contribution in [-0.2, 0) is 10.0 Å². The van der Waals surface area contributed by atoms with Crippen LogP contribution in [0.1, 0.15) is 5.56 Å². The summed E-state index contributed by atoms with van der Waals surface area (Å²) in [5, 5.41) is 10.7. The summed E-state index contributed by atoms with van der Waals surface area (Å²) in [4.78, 5) is 9.91. The molecule has 0 saturated carbocycles. The Bertz CT molecular complexity index is 820. The molecule has 0 aliphatic rings. The third kappa shape index (κ3) is 3.31. The molecule has 6 nitrogen and oxygen atoms in total. The summed E-state index contributed by atoms with van der Waals surface area (Å²) >= 11 is 6.19. The second kappa shape index (κ2) is 5.58. The number of anilines is 1. The van der Waals surface area contributed by atoms with Crippen molar-refractivity contribution in [3.8, 4) is 0 Å². The maximum Gasteiger partial charge on any atom is 0.300 e. The van der Waals surface area contributed by atoms with Crippen LogP contribution in [0.15, 0.2) is 28.5 Å². The Labute approximate surface area is 128 Å². The minimum atomic E-state index is -4.07. The smallest absolute Gasteiger partial charge is 0.279 e. The molecule has 0 bridgehead atoms. The molecule has 10 heteroatoms. The second-order valence-electron chi connectivity index (χ2n) is 4.05. The lowest BCUT2D eigenvalue weighted by atomic mass is 10.2. The molecule has 1 aromatic carbocycles. The van der Waals surface area contributed by atoms with Crippen LogP contribution in [0.3, 0.4) is 0 Å². The zero-order valence-electron chi connectivity index (χ0n) is 10.5. The van der Waals surface area contributed by atoms with Gasteiger partial charge in [-0.3, -0.25) is 14.8 Å². The Hall–Kier alpha value is -1.71. The molecule has 0 atom stereocenters. The van der Waals surface area contributed by atoms with Crippen molar-refractivity contribution in [2.24, 2.45) is 0 Å². The molecular formula is C11H8ClFN2O4S2. The lowest BCUT2D eigenvalue weighted by Crippen LogP contribution is -2.12. The van der Waals surface area contributed by atoms with E-state index in [-0.39, 0.29) is 14.2 Å². The van der Waals surface area contributed by atoms with E-state index in [0.29, 0.717) is 16.9 Å². The number of nitro groups is 1. The molecule has 1 aromatic heterocycles. The van der Waals surface area contributed by atoms with E-state index in [2.05, 4.69) is 4.72 Å². The summed E-state index contributed by atoms with van der Waals surface area (Å²) in [6.45, 7) is 1.60. The Balaban J connectivity index is 2.41. The molecule has 0 spiro atoms. The molecule has 0 aliphatic heterocycles. The average molecular weight is 351 g/mol. The van der Waals surface area contributed by atoms with Crippen LogP contribution in [0, 0.1) is 22.9 Å². The quantitative estimate of drug-likeness (QED) is 0.674. The number of nitrogens with zero attached hydrogens (tertiary/aromatic N) is 1. The standard InChI is InChI=1S/C11H8ClFN2O4S2/c1-6-2-3-7(13)4-8(6)14-21(18,19)10-5-9(15(16)17)11(12)20-10/h2-5,14H,1H3. The Morgan fingerprint density at radius 1 is 1.38 bits per heavy atom. The van der Waals surface area contributed by atoms with E-state index < -0.39 is 26.5 Å². The van der Waals surface area contributed by atoms with Crippen molar-refractivity contribution in [2.45, 2.75) is 11.1 Å². The first-order valence-electron chi connectivity index (χ1n) is 5.43. The minimum Gasteiger partial charge on any atom is -0.279 e. The lowest BCUT2D eigenvalue weighted by Gasteiger charge is -2.08. The van der Waals surface area contributed by atoms with Gasteiger partial charge in [0, 0.05) is 6.07 Å². The number of nitrogens with one attached hydrogen (secondary N) is 1. The van der Waals surface area contributed by atoms with Gasteiger partial charge in [0.2, 0.25) is 0 Å². The fraction of sp³-hybridized carbons (Fsp3) is 0.0909. The highest BCUT2D eigenvalue weighted by Gasteiger charge is 2.25. The van der Waals surface area contributed by atoms with E-state index in [4.69, 9.17) is 11.6 Å². The van der Waals surface area contributed by atoms with E-state index in [9.17, 15) is 22.9 Å². The average Bonchev–Trinajstić information content (AvgIpc) is 2.77. The van der Waals surface area contributed by atoms with E-state index >= 15 is 0 Å². The lowest BCUT2D eigenvalue weighted by molar-refractivity contribution is -0.384. The first-order chi connectivity index (χ1) is 9.70. The van der Waals surface area contributed by atoms with Crippen molar-refractivity contribution in [1.29, 1.82) is 0 Å². The summed E-state index contributed by atoms with van der Waals surface area (Å²) < 4.78 is 39.1. The maximum absolute atomic E-state index is 13.2. The molecule has 1 heterocycles. The second-order valence-corrected chi connectivity index (χ2v) is 7.61. The van der Waals surface area contributed by atoms with Gasteiger partial charge in [-0.2, -0.15) is 0 Å². The van der Waals surface area contributed by atoms with Gasteiger partial charge in [-0.15, -0.1) is 11.3 Å². The number of hydrogen-bond donors (Lipinski definition) is 1. The highest BCUT2D eigenvalue weighted by Crippen LogP contribution is 2.37. The molecule has 112 valence electrons. The molecule has 0 aliphatic carbocycles. The van der Waals surface area contributed by atoms with Crippen LogP contribution < -0.4 is 4.72 Å². The van der Waals surface area contributed by atoms with Gasteiger partial charge >= 0.3 is 0 Å². The number of sulfonamides is 1. The third-order valence-electron chi connectivity index (χ3n) is 2.55. The Morgan fingerprint density at radius 3 is 2.62 bits per heavy atom. The SMILES string of the molecule is Cc1ccc(F)cc1NS(=O)(=O)c1cc([N+](=O)[O-])c(Cl)s1. The minimum absolute atomic E-state index is 0.0576. The van der Waals surface area contributed by atoms with E-state index in [1.54, 1.807) is 6.92 Å². The molecule has 1 N–H and O–H groups in total. The van der Waals surface area contributed by atoms with Crippen molar-refractivity contribution >= 4 is 44.3 Å². The topological polar surface area (TPSA) is 89.3 Å². The van der Waals surface area contributed by atoms with Crippen molar-refractivity contribution in [3.63, 3.8) is 0 Å². The van der Waals surface area contributed by atoms with Gasteiger partial charge in [0.15, 0.2) is 4.34 Å². The number of rotatable bonds is 4. The molecule has 0 fully saturated rings. The molecule has 2 rings (SSSR count). The van der Waals surface area contributed by atoms with Crippen LogP contribution in [0.25, 0.3) is 0 Å². The van der Waals surface area contributed by atoms with Crippen molar-refractivity contribution in [3.05, 3.63) is 50.1 Å². The molecule has 2 aromatic rings. The predicted molar refractivity (Wildman–Crippen MR) is 77.9 cm³/mol. The van der Waals surface area contributed by atoms with Crippen molar-refractivity contribution < 1.29 is 17.7 Å². The molecular weight excluding hydrogens is 343 g/mol. The first kappa shape index (κ1) is 15.7. The predicted octanol–water partition coefficient (Wildman–Crippen LogP) is 3.56. The normalized spacial score (nSPS) is 11.4. The van der Waals surface area contributed by atoms with Gasteiger partial charge in [-0.05, 0) is 24.6 Å². The highest BCUT2D eigenvalue weighted by atomic mass is 35.5. The van der Waals surface area contributed by atoms with Crippen molar-refractivity contribution in [2.75, 3.05) is 4.72 Å². The molecule has 0 unspecified atom stereocenters. The van der Waals surface area contributed by atoms with Gasteiger partial charge in [0.25, 0.3) is 15.7 Å². The first-order valence-corrected chi connectivity index (χ1v) is 8.11. The van der Waals surface area contributed by atoms with Crippen LogP contribution in [0.4, 0.5) is 15.8 Å². The summed E-state index contributed by atoms with van der Waals surface area (Å²) in [7, 11) is -4.07. The molecule has 0 amide bonds. The Kier molecular flexibility index (Phi) is 4.17. The zero-order chi connectivity index (χ0) is 15.8. The highest BCUT2D eigenvalue weighted by molar-refractivity contribution is 7.94. The van der Waals surface area contributed by atoms with Crippen molar-refractivity contribution in [1.82, 2.24) is 0 Å². The molecule has 0 radical (unpaired) electrons. The number of benzene rings is 1. The van der Waals surface area contributed by atoms with Crippen LogP contribution in [0.2, 0.25) is 4.34 Å². The zero-order valence-corrected chi connectivity index (χ0v) is 12.9. The largest absolute Gasteiger partial charge is 0.300 e. The summed E-state index contributed by atoms with van der Waals surface area (Å²) in [5.41, 5.74) is 0.0808. The van der Waals surface area contributed by atoms with E-state index in [1.807, 2.05) is 0 Å². The number of thiophene rings is 1. The van der Waals surface area contributed by atoms with E-state index in [1.165, 1.54) is 12.1 Å².